The molecule has 2 aromatic carbocycles. The van der Waals surface area contributed by atoms with Crippen LogP contribution in [0.25, 0.3) is 10.8 Å². The molecule has 0 fully saturated rings. The molecule has 0 aliphatic rings. The van der Waals surface area contributed by atoms with Gasteiger partial charge in [-0.2, -0.15) is 0 Å². The van der Waals surface area contributed by atoms with Crippen LogP contribution < -0.4 is 9.47 Å². The Hall–Kier alpha value is -1.00. The number of phenolic OH excluding ortho intramolecular Hbond substituents is 1. The highest BCUT2D eigenvalue weighted by Gasteiger charge is 2.13. The van der Waals surface area contributed by atoms with Crippen molar-refractivity contribution in [3.63, 3.8) is 0 Å². The number of methoxy groups -OCH3 is 1. The minimum atomic E-state index is 0. The van der Waals surface area contributed by atoms with E-state index in [2.05, 4.69) is 62.3 Å². The molecule has 1 aromatic heterocycles. The molecule has 138 valence electrons. The molecule has 26 heavy (non-hydrogen) atoms. The predicted octanol–water partition coefficient (Wildman–Crippen LogP) is 5.57. The van der Waals surface area contributed by atoms with Crippen LogP contribution in [-0.2, 0) is 6.42 Å². The Kier molecular flexibility index (Phi) is 7.60. The number of halogens is 3. The Balaban J connectivity index is 0.00000243. The number of fused-ring (bicyclic) bond motifs is 1. The molecule has 1 heterocycles. The van der Waals surface area contributed by atoms with Crippen LogP contribution in [0.5, 0.6) is 17.2 Å². The second kappa shape index (κ2) is 9.27. The van der Waals surface area contributed by atoms with Gasteiger partial charge in [-0.25, -0.2) is 0 Å². The first-order valence-corrected chi connectivity index (χ1v) is 9.94. The van der Waals surface area contributed by atoms with Gasteiger partial charge in [0.05, 0.1) is 20.9 Å². The van der Waals surface area contributed by atoms with E-state index < -0.39 is 0 Å². The van der Waals surface area contributed by atoms with Crippen LogP contribution in [0.3, 0.4) is 0 Å². The van der Waals surface area contributed by atoms with Crippen LogP contribution in [0.15, 0.2) is 36.7 Å². The first-order valence-electron chi connectivity index (χ1n) is 7.78. The summed E-state index contributed by atoms with van der Waals surface area (Å²) in [6, 6.07) is 8.03. The SMILES string of the molecule is CCOc1ccc2c(Cc3cc(I)c(OC)c(I)c3)cncc2c1O.Cl. The summed E-state index contributed by atoms with van der Waals surface area (Å²) in [7, 11) is 1.69. The van der Waals surface area contributed by atoms with Crippen molar-refractivity contribution < 1.29 is 14.6 Å². The van der Waals surface area contributed by atoms with Crippen LogP contribution in [0.2, 0.25) is 0 Å². The summed E-state index contributed by atoms with van der Waals surface area (Å²) in [6.07, 6.45) is 4.26. The Morgan fingerprint density at radius 2 is 1.77 bits per heavy atom. The van der Waals surface area contributed by atoms with E-state index >= 15 is 0 Å². The second-order valence-electron chi connectivity index (χ2n) is 5.51. The van der Waals surface area contributed by atoms with E-state index in [1.165, 1.54) is 5.56 Å². The number of benzene rings is 2. The Bertz CT molecular complexity index is 911. The summed E-state index contributed by atoms with van der Waals surface area (Å²) in [6.45, 7) is 2.40. The van der Waals surface area contributed by atoms with Crippen LogP contribution in [0, 0.1) is 7.14 Å². The number of rotatable bonds is 5. The van der Waals surface area contributed by atoms with E-state index in [1.807, 2.05) is 25.3 Å². The third-order valence-corrected chi connectivity index (χ3v) is 5.52. The molecule has 0 radical (unpaired) electrons. The quantitative estimate of drug-likeness (QED) is 0.391. The van der Waals surface area contributed by atoms with Gasteiger partial charge in [0.25, 0.3) is 0 Å². The molecule has 0 spiro atoms. The van der Waals surface area contributed by atoms with Crippen molar-refractivity contribution >= 4 is 68.4 Å². The van der Waals surface area contributed by atoms with Crippen LogP contribution in [0.4, 0.5) is 0 Å². The smallest absolute Gasteiger partial charge is 0.167 e. The third kappa shape index (κ3) is 4.28. The van der Waals surface area contributed by atoms with Crippen molar-refractivity contribution in [1.29, 1.82) is 0 Å². The Morgan fingerprint density at radius 1 is 1.08 bits per heavy atom. The standard InChI is InChI=1S/C19H17I2NO3.ClH/c1-3-25-17-5-4-13-12(9-22-10-14(13)18(17)23)6-11-7-15(20)19(24-2)16(21)8-11;/h4-5,7-10,23H,3,6H2,1-2H3;1H. The molecule has 1 N–H and O–H groups in total. The number of pyridine rings is 1. The average Bonchev–Trinajstić information content (AvgIpc) is 2.58. The van der Waals surface area contributed by atoms with Gasteiger partial charge >= 0.3 is 0 Å². The minimum absolute atomic E-state index is 0. The molecular formula is C19H18ClI2NO3. The maximum Gasteiger partial charge on any atom is 0.167 e. The highest BCUT2D eigenvalue weighted by atomic mass is 127. The monoisotopic (exact) mass is 597 g/mol. The molecule has 0 aliphatic heterocycles. The molecule has 0 saturated heterocycles. The lowest BCUT2D eigenvalue weighted by molar-refractivity contribution is 0.320. The van der Waals surface area contributed by atoms with E-state index in [-0.39, 0.29) is 18.2 Å². The van der Waals surface area contributed by atoms with E-state index in [9.17, 15) is 5.11 Å². The molecule has 3 aromatic rings. The fourth-order valence-corrected chi connectivity index (χ4v) is 5.15. The number of aromatic nitrogens is 1. The van der Waals surface area contributed by atoms with Crippen LogP contribution in [0.1, 0.15) is 18.1 Å². The molecule has 0 unspecified atom stereocenters. The van der Waals surface area contributed by atoms with E-state index in [4.69, 9.17) is 9.47 Å². The molecular weight excluding hydrogens is 579 g/mol. The summed E-state index contributed by atoms with van der Waals surface area (Å²) in [4.78, 5) is 4.31. The van der Waals surface area contributed by atoms with Crippen molar-refractivity contribution in [3.05, 3.63) is 54.9 Å². The van der Waals surface area contributed by atoms with Crippen molar-refractivity contribution in [1.82, 2.24) is 4.98 Å². The van der Waals surface area contributed by atoms with Crippen molar-refractivity contribution in [2.45, 2.75) is 13.3 Å². The molecule has 0 bridgehead atoms. The summed E-state index contributed by atoms with van der Waals surface area (Å²) < 4.78 is 13.1. The Labute approximate surface area is 186 Å². The number of hydrogen-bond donors (Lipinski definition) is 1. The van der Waals surface area contributed by atoms with Gasteiger partial charge in [0.1, 0.15) is 5.75 Å². The predicted molar refractivity (Wildman–Crippen MR) is 123 cm³/mol. The largest absolute Gasteiger partial charge is 0.504 e. The van der Waals surface area contributed by atoms with Gasteiger partial charge in [-0.1, -0.05) is 6.07 Å². The summed E-state index contributed by atoms with van der Waals surface area (Å²) in [5.74, 6) is 1.54. The highest BCUT2D eigenvalue weighted by molar-refractivity contribution is 14.1. The van der Waals surface area contributed by atoms with Crippen molar-refractivity contribution in [2.24, 2.45) is 0 Å². The molecule has 4 nitrogen and oxygen atoms in total. The zero-order valence-electron chi connectivity index (χ0n) is 14.3. The first-order chi connectivity index (χ1) is 12.0. The molecule has 0 saturated carbocycles. The third-order valence-electron chi connectivity index (χ3n) is 3.92. The van der Waals surface area contributed by atoms with Gasteiger partial charge in [0.15, 0.2) is 11.5 Å². The number of nitrogens with zero attached hydrogens (tertiary/aromatic N) is 1. The summed E-state index contributed by atoms with van der Waals surface area (Å²) in [5, 5.41) is 12.1. The lowest BCUT2D eigenvalue weighted by Gasteiger charge is -2.12. The van der Waals surface area contributed by atoms with Gasteiger partial charge in [-0.15, -0.1) is 12.4 Å². The summed E-state index contributed by atoms with van der Waals surface area (Å²) >= 11 is 4.58. The molecule has 0 aliphatic carbocycles. The van der Waals surface area contributed by atoms with Crippen LogP contribution >= 0.6 is 57.6 Å². The molecule has 7 heteroatoms. The Morgan fingerprint density at radius 3 is 2.38 bits per heavy atom. The fourth-order valence-electron chi connectivity index (χ4n) is 2.81. The van der Waals surface area contributed by atoms with Gasteiger partial charge in [-0.05, 0) is 93.2 Å². The fraction of sp³-hybridized carbons (Fsp3) is 0.211. The van der Waals surface area contributed by atoms with Gasteiger partial charge in [0.2, 0.25) is 0 Å². The minimum Gasteiger partial charge on any atom is -0.504 e. The van der Waals surface area contributed by atoms with Gasteiger partial charge < -0.3 is 14.6 Å². The lowest BCUT2D eigenvalue weighted by Crippen LogP contribution is -1.97. The zero-order valence-corrected chi connectivity index (χ0v) is 19.4. The van der Waals surface area contributed by atoms with Crippen LogP contribution in [-0.4, -0.2) is 23.8 Å². The van der Waals surface area contributed by atoms with Gasteiger partial charge in [-0.3, -0.25) is 4.98 Å². The number of ether oxygens (including phenoxy) is 2. The summed E-state index contributed by atoms with van der Waals surface area (Å²) in [5.41, 5.74) is 2.24. The van der Waals surface area contributed by atoms with Crippen molar-refractivity contribution in [3.8, 4) is 17.2 Å². The lowest BCUT2D eigenvalue weighted by atomic mass is 10.0. The highest BCUT2D eigenvalue weighted by Crippen LogP contribution is 2.36. The van der Waals surface area contributed by atoms with E-state index in [0.29, 0.717) is 17.7 Å². The normalized spacial score (nSPS) is 10.5. The van der Waals surface area contributed by atoms with Gasteiger partial charge in [0, 0.05) is 17.8 Å². The number of aromatic hydroxyl groups is 1. The molecule has 3 rings (SSSR count). The number of hydrogen-bond acceptors (Lipinski definition) is 4. The maximum atomic E-state index is 10.4. The molecule has 0 amide bonds. The van der Waals surface area contributed by atoms with E-state index in [1.54, 1.807) is 13.3 Å². The van der Waals surface area contributed by atoms with Crippen molar-refractivity contribution in [2.75, 3.05) is 13.7 Å². The molecule has 0 atom stereocenters. The topological polar surface area (TPSA) is 51.6 Å². The zero-order chi connectivity index (χ0) is 18.0. The van der Waals surface area contributed by atoms with E-state index in [0.717, 1.165) is 30.3 Å². The maximum absolute atomic E-state index is 10.4. The second-order valence-corrected chi connectivity index (χ2v) is 7.83. The average molecular weight is 598 g/mol. The number of phenols is 1. The first kappa shape index (κ1) is 21.3.